The molecular weight excluding hydrogens is 330 g/mol. The molecule has 0 aromatic carbocycles. The van der Waals surface area contributed by atoms with Crippen molar-refractivity contribution in [2.75, 3.05) is 25.5 Å². The van der Waals surface area contributed by atoms with Crippen LogP contribution < -0.4 is 10.5 Å². The summed E-state index contributed by atoms with van der Waals surface area (Å²) in [6.45, 7) is 5.31. The molecule has 3 heterocycles. The third-order valence-electron chi connectivity index (χ3n) is 4.75. The van der Waals surface area contributed by atoms with Crippen LogP contribution in [-0.4, -0.2) is 46.0 Å². The number of nitrogens with zero attached hydrogens (tertiary/aromatic N) is 5. The zero-order valence-corrected chi connectivity index (χ0v) is 15.8. The summed E-state index contributed by atoms with van der Waals surface area (Å²) in [6, 6.07) is 5.14. The van der Waals surface area contributed by atoms with Crippen molar-refractivity contribution in [3.05, 3.63) is 51.3 Å². The van der Waals surface area contributed by atoms with Gasteiger partial charge in [0.2, 0.25) is 5.91 Å². The number of carbonyl (C=O) groups excluding carboxylic acids is 1. The van der Waals surface area contributed by atoms with Crippen molar-refractivity contribution in [1.82, 2.24) is 19.4 Å². The number of amides is 1. The van der Waals surface area contributed by atoms with Crippen molar-refractivity contribution in [3.63, 3.8) is 0 Å². The first-order valence-electron chi connectivity index (χ1n) is 8.84. The van der Waals surface area contributed by atoms with Crippen LogP contribution in [0.5, 0.6) is 0 Å². The Hall–Kier alpha value is -2.70. The van der Waals surface area contributed by atoms with Crippen molar-refractivity contribution < 1.29 is 4.79 Å². The van der Waals surface area contributed by atoms with E-state index in [1.807, 2.05) is 43.8 Å². The van der Waals surface area contributed by atoms with E-state index in [-0.39, 0.29) is 11.5 Å². The number of fused-ring (bicyclic) bond motifs is 1. The third kappa shape index (κ3) is 3.61. The molecule has 0 fully saturated rings. The van der Waals surface area contributed by atoms with Crippen LogP contribution in [0.25, 0.3) is 0 Å². The highest BCUT2D eigenvalue weighted by molar-refractivity contribution is 5.76. The molecule has 2 aromatic heterocycles. The normalized spacial score (nSPS) is 13.5. The highest BCUT2D eigenvalue weighted by Crippen LogP contribution is 2.25. The lowest BCUT2D eigenvalue weighted by Gasteiger charge is -2.30. The zero-order chi connectivity index (χ0) is 18.8. The molecule has 26 heavy (non-hydrogen) atoms. The molecule has 0 unspecified atom stereocenters. The standard InChI is InChI=1S/C19H25N5O2/c1-13-6-5-7-18(26)24(13)11-9-17(25)23-10-8-15-16(12-23)20-14(2)21-19(15)22(3)4/h5-7H,8-12H2,1-4H3. The Morgan fingerprint density at radius 3 is 2.69 bits per heavy atom. The number of aromatic nitrogens is 3. The molecule has 7 nitrogen and oxygen atoms in total. The fraction of sp³-hybridized carbons (Fsp3) is 0.474. The summed E-state index contributed by atoms with van der Waals surface area (Å²) in [6.07, 6.45) is 1.06. The lowest BCUT2D eigenvalue weighted by Crippen LogP contribution is -2.38. The molecule has 0 radical (unpaired) electrons. The SMILES string of the molecule is Cc1nc2c(c(N(C)C)n1)CCN(C(=O)CCn1c(C)cccc1=O)C2. The van der Waals surface area contributed by atoms with E-state index in [0.717, 1.165) is 29.2 Å². The van der Waals surface area contributed by atoms with Crippen LogP contribution in [0, 0.1) is 13.8 Å². The Morgan fingerprint density at radius 1 is 1.23 bits per heavy atom. The van der Waals surface area contributed by atoms with Crippen molar-refractivity contribution in [2.45, 2.75) is 39.8 Å². The fourth-order valence-electron chi connectivity index (χ4n) is 3.39. The van der Waals surface area contributed by atoms with Gasteiger partial charge in [-0.3, -0.25) is 9.59 Å². The van der Waals surface area contributed by atoms with Gasteiger partial charge in [-0.05, 0) is 26.3 Å². The van der Waals surface area contributed by atoms with E-state index in [9.17, 15) is 9.59 Å². The van der Waals surface area contributed by atoms with Gasteiger partial charge in [0.05, 0.1) is 12.2 Å². The topological polar surface area (TPSA) is 71.3 Å². The maximum absolute atomic E-state index is 12.7. The smallest absolute Gasteiger partial charge is 0.250 e. The quantitative estimate of drug-likeness (QED) is 0.827. The van der Waals surface area contributed by atoms with E-state index in [4.69, 9.17) is 0 Å². The molecule has 0 bridgehead atoms. The Morgan fingerprint density at radius 2 is 2.00 bits per heavy atom. The third-order valence-corrected chi connectivity index (χ3v) is 4.75. The van der Waals surface area contributed by atoms with Gasteiger partial charge in [0.25, 0.3) is 5.56 Å². The zero-order valence-electron chi connectivity index (χ0n) is 15.8. The summed E-state index contributed by atoms with van der Waals surface area (Å²) in [4.78, 5) is 37.5. The molecule has 2 aromatic rings. The number of anilines is 1. The molecule has 3 rings (SSSR count). The van der Waals surface area contributed by atoms with Gasteiger partial charge >= 0.3 is 0 Å². The van der Waals surface area contributed by atoms with Gasteiger partial charge < -0.3 is 14.4 Å². The fourth-order valence-corrected chi connectivity index (χ4v) is 3.39. The molecule has 0 saturated carbocycles. The molecule has 7 heteroatoms. The van der Waals surface area contributed by atoms with Crippen LogP contribution in [0.4, 0.5) is 5.82 Å². The van der Waals surface area contributed by atoms with E-state index in [0.29, 0.717) is 31.9 Å². The first kappa shape index (κ1) is 18.1. The highest BCUT2D eigenvalue weighted by atomic mass is 16.2. The largest absolute Gasteiger partial charge is 0.362 e. The summed E-state index contributed by atoms with van der Waals surface area (Å²) in [5.74, 6) is 1.70. The number of hydrogen-bond acceptors (Lipinski definition) is 5. The molecule has 138 valence electrons. The first-order chi connectivity index (χ1) is 12.4. The molecule has 0 spiro atoms. The van der Waals surface area contributed by atoms with Crippen LogP contribution >= 0.6 is 0 Å². The minimum absolute atomic E-state index is 0.0495. The number of pyridine rings is 1. The van der Waals surface area contributed by atoms with E-state index >= 15 is 0 Å². The summed E-state index contributed by atoms with van der Waals surface area (Å²) >= 11 is 0. The first-order valence-corrected chi connectivity index (χ1v) is 8.84. The average molecular weight is 355 g/mol. The number of carbonyl (C=O) groups is 1. The van der Waals surface area contributed by atoms with Gasteiger partial charge in [-0.2, -0.15) is 0 Å². The molecule has 0 N–H and O–H groups in total. The molecule has 1 aliphatic rings. The van der Waals surface area contributed by atoms with Crippen molar-refractivity contribution in [3.8, 4) is 0 Å². The van der Waals surface area contributed by atoms with Gasteiger partial charge in [-0.15, -0.1) is 0 Å². The van der Waals surface area contributed by atoms with Crippen molar-refractivity contribution >= 4 is 11.7 Å². The van der Waals surface area contributed by atoms with Crippen LogP contribution in [0.2, 0.25) is 0 Å². The predicted molar refractivity (Wildman–Crippen MR) is 100 cm³/mol. The lowest BCUT2D eigenvalue weighted by atomic mass is 10.0. The molecular formula is C19H25N5O2. The molecule has 0 saturated heterocycles. The Labute approximate surface area is 153 Å². The molecule has 0 atom stereocenters. The Kier molecular flexibility index (Phi) is 5.06. The molecule has 0 aliphatic carbocycles. The second-order valence-corrected chi connectivity index (χ2v) is 6.89. The van der Waals surface area contributed by atoms with Gasteiger partial charge in [-0.25, -0.2) is 9.97 Å². The molecule has 1 amide bonds. The van der Waals surface area contributed by atoms with E-state index in [1.54, 1.807) is 10.6 Å². The minimum atomic E-state index is -0.0687. The summed E-state index contributed by atoms with van der Waals surface area (Å²) < 4.78 is 1.65. The second kappa shape index (κ2) is 7.27. The Balaban J connectivity index is 1.73. The van der Waals surface area contributed by atoms with Gasteiger partial charge in [0, 0.05) is 50.9 Å². The lowest BCUT2D eigenvalue weighted by molar-refractivity contribution is -0.132. The number of rotatable bonds is 4. The maximum atomic E-state index is 12.7. The van der Waals surface area contributed by atoms with E-state index in [1.165, 1.54) is 6.07 Å². The number of hydrogen-bond donors (Lipinski definition) is 0. The highest BCUT2D eigenvalue weighted by Gasteiger charge is 2.25. The number of aryl methyl sites for hydroxylation is 2. The van der Waals surface area contributed by atoms with Gasteiger partial charge in [0.15, 0.2) is 0 Å². The van der Waals surface area contributed by atoms with Gasteiger partial charge in [0.1, 0.15) is 11.6 Å². The van der Waals surface area contributed by atoms with Crippen molar-refractivity contribution in [1.29, 1.82) is 0 Å². The van der Waals surface area contributed by atoms with Crippen molar-refractivity contribution in [2.24, 2.45) is 0 Å². The summed E-state index contributed by atoms with van der Waals surface area (Å²) in [7, 11) is 3.94. The summed E-state index contributed by atoms with van der Waals surface area (Å²) in [5.41, 5.74) is 2.85. The van der Waals surface area contributed by atoms with Crippen LogP contribution in [0.3, 0.4) is 0 Å². The van der Waals surface area contributed by atoms with Crippen LogP contribution in [0.1, 0.15) is 29.2 Å². The predicted octanol–water partition coefficient (Wildman–Crippen LogP) is 1.30. The minimum Gasteiger partial charge on any atom is -0.362 e. The summed E-state index contributed by atoms with van der Waals surface area (Å²) in [5, 5.41) is 0. The van der Waals surface area contributed by atoms with Crippen LogP contribution in [-0.2, 0) is 24.3 Å². The average Bonchev–Trinajstić information content (AvgIpc) is 2.59. The molecule has 1 aliphatic heterocycles. The van der Waals surface area contributed by atoms with E-state index < -0.39 is 0 Å². The Bertz CT molecular complexity index is 888. The van der Waals surface area contributed by atoms with Gasteiger partial charge in [-0.1, -0.05) is 6.07 Å². The maximum Gasteiger partial charge on any atom is 0.250 e. The van der Waals surface area contributed by atoms with Crippen LogP contribution in [0.15, 0.2) is 23.0 Å². The van der Waals surface area contributed by atoms with E-state index in [2.05, 4.69) is 9.97 Å². The monoisotopic (exact) mass is 355 g/mol. The second-order valence-electron chi connectivity index (χ2n) is 6.89.